The average molecular weight is 528 g/mol. The zero-order valence-corrected chi connectivity index (χ0v) is 20.8. The summed E-state index contributed by atoms with van der Waals surface area (Å²) in [7, 11) is 0. The molecule has 12 heteroatoms. The topological polar surface area (TPSA) is 154 Å². The molecule has 1 saturated carbocycles. The van der Waals surface area contributed by atoms with E-state index in [-0.39, 0.29) is 31.4 Å². The molecule has 1 unspecified atom stereocenters. The molecule has 0 spiro atoms. The van der Waals surface area contributed by atoms with Crippen LogP contribution in [0.15, 0.2) is 29.1 Å². The first kappa shape index (κ1) is 25.8. The van der Waals surface area contributed by atoms with Crippen LogP contribution in [-0.2, 0) is 28.2 Å². The molecule has 4 heterocycles. The average Bonchev–Trinajstić information content (AvgIpc) is 3.28. The molecule has 4 aliphatic rings. The van der Waals surface area contributed by atoms with Gasteiger partial charge in [0.05, 0.1) is 18.2 Å². The molecule has 3 aliphatic heterocycles. The minimum Gasteiger partial charge on any atom is -0.501 e. The molecule has 0 radical (unpaired) electrons. The Kier molecular flexibility index (Phi) is 6.91. The highest BCUT2D eigenvalue weighted by Gasteiger charge is 2.47. The number of hydrogen-bond acceptors (Lipinski definition) is 7. The van der Waals surface area contributed by atoms with Crippen molar-refractivity contribution in [2.24, 2.45) is 5.92 Å². The van der Waals surface area contributed by atoms with Crippen LogP contribution in [-0.4, -0.2) is 61.6 Å². The summed E-state index contributed by atoms with van der Waals surface area (Å²) in [5.74, 6) is -3.39. The summed E-state index contributed by atoms with van der Waals surface area (Å²) in [5, 5.41) is 25.6. The highest BCUT2D eigenvalue weighted by atomic mass is 19.1. The molecule has 202 valence electrons. The fourth-order valence-electron chi connectivity index (χ4n) is 5.82. The number of aromatic nitrogens is 2. The number of aliphatic hydroxyl groups is 1. The van der Waals surface area contributed by atoms with Crippen LogP contribution >= 0.6 is 0 Å². The van der Waals surface area contributed by atoms with Gasteiger partial charge in [0, 0.05) is 19.6 Å². The van der Waals surface area contributed by atoms with E-state index in [1.807, 2.05) is 0 Å². The second-order valence-electron chi connectivity index (χ2n) is 10.3. The third-order valence-electron chi connectivity index (χ3n) is 7.95. The van der Waals surface area contributed by atoms with Gasteiger partial charge < -0.3 is 25.7 Å². The molecule has 1 atom stereocenters. The quantitative estimate of drug-likeness (QED) is 0.413. The first-order chi connectivity index (χ1) is 18.2. The first-order valence-electron chi connectivity index (χ1n) is 12.8. The van der Waals surface area contributed by atoms with Crippen molar-refractivity contribution >= 4 is 17.7 Å². The van der Waals surface area contributed by atoms with Crippen molar-refractivity contribution in [2.45, 2.75) is 63.2 Å². The Morgan fingerprint density at radius 1 is 1.13 bits per heavy atom. The van der Waals surface area contributed by atoms with Gasteiger partial charge in [-0.05, 0) is 62.1 Å². The van der Waals surface area contributed by atoms with Crippen LogP contribution < -0.4 is 16.2 Å². The van der Waals surface area contributed by atoms with Crippen LogP contribution in [0.5, 0.6) is 5.75 Å². The summed E-state index contributed by atoms with van der Waals surface area (Å²) >= 11 is 0. The lowest BCUT2D eigenvalue weighted by Crippen LogP contribution is -2.55. The number of hydrogen-bond donors (Lipinski definition) is 4. The molecule has 2 aromatic rings. The molecule has 11 nitrogen and oxygen atoms in total. The lowest BCUT2D eigenvalue weighted by molar-refractivity contribution is -0.148. The van der Waals surface area contributed by atoms with Gasteiger partial charge in [0.1, 0.15) is 11.6 Å². The van der Waals surface area contributed by atoms with Gasteiger partial charge in [0.25, 0.3) is 11.5 Å². The fraction of sp³-hybridized carbons (Fsp3) is 0.500. The van der Waals surface area contributed by atoms with Gasteiger partial charge in [-0.2, -0.15) is 0 Å². The van der Waals surface area contributed by atoms with Crippen LogP contribution in [0.2, 0.25) is 0 Å². The first-order valence-corrected chi connectivity index (χ1v) is 12.8. The molecule has 2 fully saturated rings. The van der Waals surface area contributed by atoms with Gasteiger partial charge in [-0.3, -0.25) is 23.7 Å². The normalized spacial score (nSPS) is 24.0. The zero-order chi connectivity index (χ0) is 27.0. The monoisotopic (exact) mass is 527 g/mol. The summed E-state index contributed by atoms with van der Waals surface area (Å²) in [6.07, 6.45) is 3.44. The molecule has 1 aliphatic carbocycles. The van der Waals surface area contributed by atoms with E-state index in [0.717, 1.165) is 0 Å². The number of halogens is 1. The zero-order valence-electron chi connectivity index (χ0n) is 20.8. The number of carbonyl (C=O) groups excluding carboxylic acids is 3. The van der Waals surface area contributed by atoms with Crippen molar-refractivity contribution in [3.05, 3.63) is 57.5 Å². The summed E-state index contributed by atoms with van der Waals surface area (Å²) in [4.78, 5) is 58.1. The van der Waals surface area contributed by atoms with Gasteiger partial charge in [-0.15, -0.1) is 0 Å². The number of fused-ring (bicyclic) bond motifs is 2. The van der Waals surface area contributed by atoms with Crippen molar-refractivity contribution in [2.75, 3.05) is 13.2 Å². The van der Waals surface area contributed by atoms with E-state index >= 15 is 0 Å². The molecule has 1 aromatic carbocycles. The molecule has 3 amide bonds. The van der Waals surface area contributed by atoms with Crippen molar-refractivity contribution < 1.29 is 29.0 Å². The minimum absolute atomic E-state index is 0.0129. The number of rotatable bonds is 5. The lowest BCUT2D eigenvalue weighted by atomic mass is 9.77. The molecule has 4 N–H and O–H groups in total. The predicted octanol–water partition coefficient (Wildman–Crippen LogP) is 0.517. The summed E-state index contributed by atoms with van der Waals surface area (Å²) in [6.45, 7) is 0.420. The third-order valence-corrected chi connectivity index (χ3v) is 7.95. The largest absolute Gasteiger partial charge is 0.501 e. The number of nitrogens with one attached hydrogen (secondary N) is 2. The van der Waals surface area contributed by atoms with E-state index in [2.05, 4.69) is 15.6 Å². The minimum atomic E-state index is -1.17. The fourth-order valence-corrected chi connectivity index (χ4v) is 5.82. The molecule has 1 aromatic heterocycles. The van der Waals surface area contributed by atoms with Gasteiger partial charge in [0.15, 0.2) is 5.69 Å². The van der Waals surface area contributed by atoms with E-state index < -0.39 is 52.1 Å². The van der Waals surface area contributed by atoms with E-state index in [9.17, 15) is 33.8 Å². The number of likely N-dealkylation sites (tertiary alicyclic amines) is 1. The van der Waals surface area contributed by atoms with Gasteiger partial charge in [-0.1, -0.05) is 12.1 Å². The second kappa shape index (κ2) is 10.2. The third kappa shape index (κ3) is 4.64. The number of amides is 3. The van der Waals surface area contributed by atoms with Gasteiger partial charge >= 0.3 is 11.8 Å². The molecule has 2 bridgehead atoms. The van der Waals surface area contributed by atoms with E-state index in [1.165, 1.54) is 33.7 Å². The summed E-state index contributed by atoms with van der Waals surface area (Å²) in [6, 6.07) is 5.08. The predicted molar refractivity (Wildman–Crippen MR) is 131 cm³/mol. The Morgan fingerprint density at radius 3 is 2.53 bits per heavy atom. The van der Waals surface area contributed by atoms with Crippen LogP contribution in [0.3, 0.4) is 0 Å². The van der Waals surface area contributed by atoms with E-state index in [0.29, 0.717) is 50.6 Å². The molecular formula is C26H30FN5O6. The smallest absolute Gasteiger partial charge is 0.312 e. The number of carbonyl (C=O) groups is 3. The Morgan fingerprint density at radius 2 is 1.84 bits per heavy atom. The maximum atomic E-state index is 13.2. The number of benzene rings is 1. The Labute approximate surface area is 217 Å². The van der Waals surface area contributed by atoms with Crippen molar-refractivity contribution in [3.8, 4) is 5.75 Å². The SMILES string of the molecule is O=C(NC12CCC(CC1)Cn1c2nc(C(=O)NCc2ccc(F)cc2)c(O)c1=O)C(=O)N1CCCC1CO. The van der Waals surface area contributed by atoms with Crippen LogP contribution in [0.4, 0.5) is 4.39 Å². The Balaban J connectivity index is 1.45. The highest BCUT2D eigenvalue weighted by molar-refractivity contribution is 6.35. The van der Waals surface area contributed by atoms with Crippen LogP contribution in [0.25, 0.3) is 0 Å². The standard InChI is InChI=1S/C26H30FN5O6/c27-17-5-3-15(4-6-17)12-28-21(35)19-20(34)23(37)32-13-16-7-9-26(10-8-16,25(32)29-19)30-22(36)24(38)31-11-1-2-18(31)14-33/h3-6,16,18,33-34H,1-2,7-14H2,(H,28,35)(H,30,36). The van der Waals surface area contributed by atoms with E-state index in [4.69, 9.17) is 0 Å². The Bertz CT molecular complexity index is 1320. The molecule has 1 saturated heterocycles. The summed E-state index contributed by atoms with van der Waals surface area (Å²) in [5.41, 5.74) is -1.84. The molecular weight excluding hydrogens is 497 g/mol. The van der Waals surface area contributed by atoms with E-state index in [1.54, 1.807) is 0 Å². The van der Waals surface area contributed by atoms with Crippen molar-refractivity contribution in [1.82, 2.24) is 25.1 Å². The van der Waals surface area contributed by atoms with Crippen molar-refractivity contribution in [3.63, 3.8) is 0 Å². The second-order valence-corrected chi connectivity index (χ2v) is 10.3. The molecule has 38 heavy (non-hydrogen) atoms. The lowest BCUT2D eigenvalue weighted by Gasteiger charge is -2.37. The number of aliphatic hydroxyl groups excluding tert-OH is 1. The summed E-state index contributed by atoms with van der Waals surface area (Å²) < 4.78 is 14.5. The van der Waals surface area contributed by atoms with Crippen LogP contribution in [0.1, 0.15) is 60.4 Å². The maximum absolute atomic E-state index is 13.2. The molecule has 6 rings (SSSR count). The highest BCUT2D eigenvalue weighted by Crippen LogP contribution is 2.43. The Hall–Kier alpha value is -3.80. The number of nitrogens with zero attached hydrogens (tertiary/aromatic N) is 3. The van der Waals surface area contributed by atoms with Crippen molar-refractivity contribution in [1.29, 1.82) is 0 Å². The van der Waals surface area contributed by atoms with Gasteiger partial charge in [0.2, 0.25) is 5.75 Å². The van der Waals surface area contributed by atoms with Crippen LogP contribution in [0, 0.1) is 11.7 Å². The number of aromatic hydroxyl groups is 1. The maximum Gasteiger partial charge on any atom is 0.312 e. The van der Waals surface area contributed by atoms with Gasteiger partial charge in [-0.25, -0.2) is 9.37 Å².